The molecule has 0 spiro atoms. The molecule has 104 valence electrons. The first-order chi connectivity index (χ1) is 8.97. The van der Waals surface area contributed by atoms with Crippen molar-refractivity contribution in [3.8, 4) is 5.75 Å². The quantitative estimate of drug-likeness (QED) is 0.456. The third-order valence-electron chi connectivity index (χ3n) is 2.33. The van der Waals surface area contributed by atoms with Crippen molar-refractivity contribution < 1.29 is 23.5 Å². The number of ketones is 1. The lowest BCUT2D eigenvalue weighted by atomic mass is 10.2. The molecule has 0 unspecified atom stereocenters. The maximum Gasteiger partial charge on any atom is 0.313 e. The second-order valence-electron chi connectivity index (χ2n) is 3.86. The highest BCUT2D eigenvalue weighted by Gasteiger charge is 2.14. The third kappa shape index (κ3) is 4.55. The van der Waals surface area contributed by atoms with Crippen LogP contribution in [0.4, 0.5) is 4.39 Å². The molecule has 0 saturated carbocycles. The Morgan fingerprint density at radius 3 is 2.58 bits per heavy atom. The molecule has 0 aliphatic rings. The predicted molar refractivity (Wildman–Crippen MR) is 70.1 cm³/mol. The van der Waals surface area contributed by atoms with Gasteiger partial charge in [-0.05, 0) is 24.6 Å². The van der Waals surface area contributed by atoms with E-state index in [2.05, 4.69) is 4.74 Å². The van der Waals surface area contributed by atoms with Gasteiger partial charge in [-0.2, -0.15) is 0 Å². The van der Waals surface area contributed by atoms with Crippen molar-refractivity contribution in [3.05, 3.63) is 23.5 Å². The third-order valence-corrected chi connectivity index (χ3v) is 3.40. The van der Waals surface area contributed by atoms with Gasteiger partial charge in [0.05, 0.1) is 20.0 Å². The van der Waals surface area contributed by atoms with Gasteiger partial charge in [-0.15, -0.1) is 11.8 Å². The molecule has 0 aliphatic heterocycles. The molecule has 1 aromatic carbocycles. The summed E-state index contributed by atoms with van der Waals surface area (Å²) in [6.07, 6.45) is -0.298. The number of aryl methyl sites for hydroxylation is 1. The monoisotopic (exact) mass is 286 g/mol. The van der Waals surface area contributed by atoms with E-state index in [1.165, 1.54) is 14.2 Å². The van der Waals surface area contributed by atoms with E-state index < -0.39 is 11.8 Å². The fourth-order valence-electron chi connectivity index (χ4n) is 1.40. The number of ether oxygens (including phenoxy) is 2. The van der Waals surface area contributed by atoms with Crippen LogP contribution < -0.4 is 4.74 Å². The molecule has 0 bridgehead atoms. The van der Waals surface area contributed by atoms with Crippen molar-refractivity contribution in [2.24, 2.45) is 0 Å². The standard InChI is InChI=1S/C13H15FO4S/c1-8-4-10(17-2)13(14)11(5-8)19-7-9(15)6-12(16)18-3/h4-5H,6-7H2,1-3H3. The number of methoxy groups -OCH3 is 2. The highest BCUT2D eigenvalue weighted by Crippen LogP contribution is 2.30. The topological polar surface area (TPSA) is 52.6 Å². The van der Waals surface area contributed by atoms with E-state index in [0.29, 0.717) is 4.90 Å². The number of carbonyl (C=O) groups excluding carboxylic acids is 2. The molecule has 0 fully saturated rings. The molecule has 0 amide bonds. The SMILES string of the molecule is COC(=O)CC(=O)CSc1cc(C)cc(OC)c1F. The highest BCUT2D eigenvalue weighted by molar-refractivity contribution is 8.00. The molecule has 0 aromatic heterocycles. The van der Waals surface area contributed by atoms with Gasteiger partial charge in [0.2, 0.25) is 0 Å². The van der Waals surface area contributed by atoms with E-state index >= 15 is 0 Å². The molecular weight excluding hydrogens is 271 g/mol. The Bertz CT molecular complexity index is 488. The van der Waals surface area contributed by atoms with Crippen LogP contribution >= 0.6 is 11.8 Å². The lowest BCUT2D eigenvalue weighted by Crippen LogP contribution is -2.11. The minimum Gasteiger partial charge on any atom is -0.494 e. The van der Waals surface area contributed by atoms with E-state index in [-0.39, 0.29) is 23.7 Å². The van der Waals surface area contributed by atoms with Gasteiger partial charge in [-0.25, -0.2) is 4.39 Å². The number of benzene rings is 1. The Morgan fingerprint density at radius 1 is 1.32 bits per heavy atom. The lowest BCUT2D eigenvalue weighted by Gasteiger charge is -2.08. The van der Waals surface area contributed by atoms with Crippen LogP contribution in [-0.2, 0) is 14.3 Å². The normalized spacial score (nSPS) is 10.1. The molecule has 0 N–H and O–H groups in total. The van der Waals surface area contributed by atoms with Gasteiger partial charge >= 0.3 is 5.97 Å². The first-order valence-corrected chi connectivity index (χ1v) is 6.52. The van der Waals surface area contributed by atoms with Crippen LogP contribution in [0.5, 0.6) is 5.75 Å². The Hall–Kier alpha value is -1.56. The van der Waals surface area contributed by atoms with Gasteiger partial charge in [-0.1, -0.05) is 0 Å². The average Bonchev–Trinajstić information content (AvgIpc) is 2.39. The van der Waals surface area contributed by atoms with Crippen LogP contribution in [0.2, 0.25) is 0 Å². The van der Waals surface area contributed by atoms with Crippen LogP contribution in [0, 0.1) is 12.7 Å². The van der Waals surface area contributed by atoms with E-state index in [1.54, 1.807) is 12.1 Å². The van der Waals surface area contributed by atoms with E-state index in [4.69, 9.17) is 4.74 Å². The number of Topliss-reactive ketones (excluding diaryl/α,β-unsaturated/α-hetero) is 1. The summed E-state index contributed by atoms with van der Waals surface area (Å²) >= 11 is 1.04. The molecule has 4 nitrogen and oxygen atoms in total. The number of carbonyl (C=O) groups is 2. The summed E-state index contributed by atoms with van der Waals surface area (Å²) in [6, 6.07) is 3.21. The Morgan fingerprint density at radius 2 is 2.00 bits per heavy atom. The smallest absolute Gasteiger partial charge is 0.313 e. The molecule has 0 atom stereocenters. The maximum atomic E-state index is 13.9. The molecule has 0 saturated heterocycles. The molecule has 6 heteroatoms. The fourth-order valence-corrected chi connectivity index (χ4v) is 2.31. The number of thioether (sulfide) groups is 1. The number of esters is 1. The summed E-state index contributed by atoms with van der Waals surface area (Å²) < 4.78 is 23.2. The minimum absolute atomic E-state index is 0.0125. The summed E-state index contributed by atoms with van der Waals surface area (Å²) in [5.41, 5.74) is 0.834. The number of hydrogen-bond donors (Lipinski definition) is 0. The summed E-state index contributed by atoms with van der Waals surface area (Å²) in [4.78, 5) is 22.7. The van der Waals surface area contributed by atoms with Crippen LogP contribution in [0.3, 0.4) is 0 Å². The first-order valence-electron chi connectivity index (χ1n) is 5.53. The van der Waals surface area contributed by atoms with Crippen LogP contribution in [0.15, 0.2) is 17.0 Å². The summed E-state index contributed by atoms with van der Waals surface area (Å²) in [5.74, 6) is -1.24. The molecule has 1 rings (SSSR count). The molecule has 1 aromatic rings. The fraction of sp³-hybridized carbons (Fsp3) is 0.385. The van der Waals surface area contributed by atoms with Gasteiger partial charge in [0.1, 0.15) is 6.42 Å². The Labute approximate surface area is 115 Å². The number of hydrogen-bond acceptors (Lipinski definition) is 5. The second-order valence-corrected chi connectivity index (χ2v) is 4.88. The zero-order valence-corrected chi connectivity index (χ0v) is 11.8. The zero-order chi connectivity index (χ0) is 14.4. The van der Waals surface area contributed by atoms with E-state index in [9.17, 15) is 14.0 Å². The van der Waals surface area contributed by atoms with Crippen molar-refractivity contribution in [2.45, 2.75) is 18.2 Å². The van der Waals surface area contributed by atoms with Crippen molar-refractivity contribution in [3.63, 3.8) is 0 Å². The van der Waals surface area contributed by atoms with Gasteiger partial charge in [0, 0.05) is 4.90 Å². The van der Waals surface area contributed by atoms with E-state index in [0.717, 1.165) is 17.3 Å². The maximum absolute atomic E-state index is 13.9. The van der Waals surface area contributed by atoms with Crippen LogP contribution in [0.25, 0.3) is 0 Å². The van der Waals surface area contributed by atoms with Crippen molar-refractivity contribution in [1.82, 2.24) is 0 Å². The van der Waals surface area contributed by atoms with Gasteiger partial charge in [0.15, 0.2) is 17.3 Å². The summed E-state index contributed by atoms with van der Waals surface area (Å²) in [7, 11) is 2.60. The minimum atomic E-state index is -0.590. The molecular formula is C13H15FO4S. The lowest BCUT2D eigenvalue weighted by molar-refractivity contribution is -0.142. The number of rotatable bonds is 6. The second kappa shape index (κ2) is 7.13. The molecule has 0 aliphatic carbocycles. The van der Waals surface area contributed by atoms with Gasteiger partial charge in [0.25, 0.3) is 0 Å². The summed E-state index contributed by atoms with van der Waals surface area (Å²) in [5, 5.41) is 0. The van der Waals surface area contributed by atoms with Gasteiger partial charge in [-0.3, -0.25) is 9.59 Å². The molecule has 0 radical (unpaired) electrons. The highest BCUT2D eigenvalue weighted by atomic mass is 32.2. The average molecular weight is 286 g/mol. The predicted octanol–water partition coefficient (Wildman–Crippen LogP) is 2.37. The van der Waals surface area contributed by atoms with Crippen LogP contribution in [0.1, 0.15) is 12.0 Å². The zero-order valence-electron chi connectivity index (χ0n) is 11.0. The Balaban J connectivity index is 2.70. The van der Waals surface area contributed by atoms with Crippen molar-refractivity contribution in [1.29, 1.82) is 0 Å². The largest absolute Gasteiger partial charge is 0.494 e. The Kier molecular flexibility index (Phi) is 5.82. The molecule has 0 heterocycles. The van der Waals surface area contributed by atoms with Crippen LogP contribution in [-0.4, -0.2) is 31.7 Å². The van der Waals surface area contributed by atoms with Crippen molar-refractivity contribution >= 4 is 23.5 Å². The molecule has 19 heavy (non-hydrogen) atoms. The first kappa shape index (κ1) is 15.5. The van der Waals surface area contributed by atoms with Gasteiger partial charge < -0.3 is 9.47 Å². The van der Waals surface area contributed by atoms with E-state index in [1.807, 2.05) is 6.92 Å². The van der Waals surface area contributed by atoms with Crippen molar-refractivity contribution in [2.75, 3.05) is 20.0 Å². The number of halogens is 1. The summed E-state index contributed by atoms with van der Waals surface area (Å²) in [6.45, 7) is 1.81.